The summed E-state index contributed by atoms with van der Waals surface area (Å²) in [6.45, 7) is 5.42. The lowest BCUT2D eigenvalue weighted by molar-refractivity contribution is 0.391. The van der Waals surface area contributed by atoms with E-state index in [9.17, 15) is 0 Å². The van der Waals surface area contributed by atoms with Gasteiger partial charge < -0.3 is 5.32 Å². The predicted molar refractivity (Wildman–Crippen MR) is 87.7 cm³/mol. The van der Waals surface area contributed by atoms with E-state index in [1.54, 1.807) is 0 Å². The molecule has 2 rings (SSSR count). The van der Waals surface area contributed by atoms with Crippen molar-refractivity contribution in [2.75, 3.05) is 6.54 Å². The highest BCUT2D eigenvalue weighted by Crippen LogP contribution is 2.25. The van der Waals surface area contributed by atoms with Crippen molar-refractivity contribution in [2.45, 2.75) is 26.3 Å². The van der Waals surface area contributed by atoms with Crippen LogP contribution in [0.3, 0.4) is 0 Å². The van der Waals surface area contributed by atoms with Crippen LogP contribution >= 0.6 is 15.9 Å². The first kappa shape index (κ1) is 15.2. The molecule has 0 fully saturated rings. The fourth-order valence-corrected chi connectivity index (χ4v) is 3.00. The molecule has 0 amide bonds. The number of aromatic nitrogens is 1. The van der Waals surface area contributed by atoms with Crippen LogP contribution < -0.4 is 5.32 Å². The maximum absolute atomic E-state index is 4.25. The minimum Gasteiger partial charge on any atom is -0.310 e. The molecule has 3 heteroatoms. The Labute approximate surface area is 129 Å². The van der Waals surface area contributed by atoms with Crippen molar-refractivity contribution in [3.05, 3.63) is 64.4 Å². The molecule has 1 aromatic carbocycles. The number of nitrogens with zero attached hydrogens (tertiary/aromatic N) is 1. The van der Waals surface area contributed by atoms with Gasteiger partial charge in [-0.05, 0) is 52.0 Å². The van der Waals surface area contributed by atoms with E-state index >= 15 is 0 Å². The molecular formula is C17H21BrN2. The van der Waals surface area contributed by atoms with Crippen LogP contribution in [0.1, 0.15) is 31.0 Å². The molecule has 1 heterocycles. The van der Waals surface area contributed by atoms with E-state index in [2.05, 4.69) is 76.5 Å². The summed E-state index contributed by atoms with van der Waals surface area (Å²) in [5.74, 6) is 0.508. The molecule has 2 nitrogen and oxygen atoms in total. The van der Waals surface area contributed by atoms with Gasteiger partial charge >= 0.3 is 0 Å². The fourth-order valence-electron chi connectivity index (χ4n) is 2.58. The summed E-state index contributed by atoms with van der Waals surface area (Å²) in [6.07, 6.45) is 4.79. The minimum absolute atomic E-state index is 0.375. The summed E-state index contributed by atoms with van der Waals surface area (Å²) in [5, 5.41) is 3.60. The topological polar surface area (TPSA) is 24.9 Å². The lowest BCUT2D eigenvalue weighted by Gasteiger charge is -2.25. The van der Waals surface area contributed by atoms with E-state index in [0.717, 1.165) is 17.4 Å². The van der Waals surface area contributed by atoms with Gasteiger partial charge in [0, 0.05) is 22.9 Å². The molecule has 0 aliphatic rings. The van der Waals surface area contributed by atoms with E-state index < -0.39 is 0 Å². The minimum atomic E-state index is 0.375. The molecule has 0 saturated heterocycles. The van der Waals surface area contributed by atoms with Crippen molar-refractivity contribution < 1.29 is 0 Å². The predicted octanol–water partition coefficient (Wildman–Crippen LogP) is 4.37. The van der Waals surface area contributed by atoms with Crippen LogP contribution in [-0.2, 0) is 6.42 Å². The maximum atomic E-state index is 4.25. The van der Waals surface area contributed by atoms with Gasteiger partial charge in [0.05, 0.1) is 0 Å². The van der Waals surface area contributed by atoms with E-state index in [-0.39, 0.29) is 0 Å². The molecule has 0 aliphatic heterocycles. The zero-order valence-electron chi connectivity index (χ0n) is 12.0. The van der Waals surface area contributed by atoms with Crippen molar-refractivity contribution in [1.82, 2.24) is 10.3 Å². The SMILES string of the molecule is CCNC(c1ccccc1)C(C)Cc1cncc(Br)c1. The second kappa shape index (κ2) is 7.55. The molecule has 0 bridgehead atoms. The zero-order valence-corrected chi connectivity index (χ0v) is 13.6. The number of hydrogen-bond acceptors (Lipinski definition) is 2. The monoisotopic (exact) mass is 332 g/mol. The van der Waals surface area contributed by atoms with Crippen LogP contribution in [0, 0.1) is 5.92 Å². The Morgan fingerprint density at radius 1 is 1.20 bits per heavy atom. The third-order valence-corrected chi connectivity index (χ3v) is 3.90. The van der Waals surface area contributed by atoms with Gasteiger partial charge in [-0.3, -0.25) is 4.98 Å². The van der Waals surface area contributed by atoms with Crippen LogP contribution in [0.5, 0.6) is 0 Å². The lowest BCUT2D eigenvalue weighted by atomic mass is 9.89. The molecule has 0 radical (unpaired) electrons. The molecule has 0 spiro atoms. The van der Waals surface area contributed by atoms with Gasteiger partial charge in [-0.2, -0.15) is 0 Å². The Hall–Kier alpha value is -1.19. The van der Waals surface area contributed by atoms with Crippen molar-refractivity contribution >= 4 is 15.9 Å². The van der Waals surface area contributed by atoms with Gasteiger partial charge in [-0.1, -0.05) is 44.2 Å². The van der Waals surface area contributed by atoms with Gasteiger partial charge in [0.1, 0.15) is 0 Å². The molecule has 106 valence electrons. The quantitative estimate of drug-likeness (QED) is 0.849. The van der Waals surface area contributed by atoms with Gasteiger partial charge in [0.2, 0.25) is 0 Å². The van der Waals surface area contributed by atoms with Crippen LogP contribution in [0.4, 0.5) is 0 Å². The molecule has 1 N–H and O–H groups in total. The average Bonchev–Trinajstić information content (AvgIpc) is 2.45. The fraction of sp³-hybridized carbons (Fsp3) is 0.353. The number of benzene rings is 1. The van der Waals surface area contributed by atoms with E-state index in [0.29, 0.717) is 12.0 Å². The summed E-state index contributed by atoms with van der Waals surface area (Å²) in [7, 11) is 0. The molecule has 1 aromatic heterocycles. The summed E-state index contributed by atoms with van der Waals surface area (Å²) < 4.78 is 1.04. The Balaban J connectivity index is 2.13. The lowest BCUT2D eigenvalue weighted by Crippen LogP contribution is -2.28. The Kier molecular flexibility index (Phi) is 5.74. The summed E-state index contributed by atoms with van der Waals surface area (Å²) in [6, 6.07) is 13.2. The first-order chi connectivity index (χ1) is 9.70. The normalized spacial score (nSPS) is 13.9. The van der Waals surface area contributed by atoms with Crippen molar-refractivity contribution in [2.24, 2.45) is 5.92 Å². The van der Waals surface area contributed by atoms with Gasteiger partial charge in [-0.25, -0.2) is 0 Å². The number of rotatable bonds is 6. The number of pyridine rings is 1. The largest absolute Gasteiger partial charge is 0.310 e. The molecule has 20 heavy (non-hydrogen) atoms. The van der Waals surface area contributed by atoms with Gasteiger partial charge in [0.15, 0.2) is 0 Å². The van der Waals surface area contributed by atoms with Crippen LogP contribution in [0.15, 0.2) is 53.3 Å². The van der Waals surface area contributed by atoms with E-state index in [1.807, 2.05) is 12.4 Å². The van der Waals surface area contributed by atoms with Crippen molar-refractivity contribution in [1.29, 1.82) is 0 Å². The number of hydrogen-bond donors (Lipinski definition) is 1. The first-order valence-corrected chi connectivity index (χ1v) is 7.87. The van der Waals surface area contributed by atoms with Crippen LogP contribution in [-0.4, -0.2) is 11.5 Å². The maximum Gasteiger partial charge on any atom is 0.0410 e. The van der Waals surface area contributed by atoms with Gasteiger partial charge in [0.25, 0.3) is 0 Å². The van der Waals surface area contributed by atoms with E-state index in [1.165, 1.54) is 11.1 Å². The Morgan fingerprint density at radius 3 is 2.60 bits per heavy atom. The van der Waals surface area contributed by atoms with Crippen molar-refractivity contribution in [3.63, 3.8) is 0 Å². The molecule has 0 saturated carbocycles. The van der Waals surface area contributed by atoms with Crippen LogP contribution in [0.25, 0.3) is 0 Å². The molecular weight excluding hydrogens is 312 g/mol. The summed E-state index contributed by atoms with van der Waals surface area (Å²) >= 11 is 3.49. The Bertz CT molecular complexity index is 528. The standard InChI is InChI=1S/C17H21BrN2/c1-3-20-17(15-7-5-4-6-8-15)13(2)9-14-10-16(18)12-19-11-14/h4-8,10-13,17,20H,3,9H2,1-2H3. The molecule has 0 aliphatic carbocycles. The van der Waals surface area contributed by atoms with E-state index in [4.69, 9.17) is 0 Å². The zero-order chi connectivity index (χ0) is 14.4. The number of nitrogens with one attached hydrogen (secondary N) is 1. The molecule has 2 aromatic rings. The smallest absolute Gasteiger partial charge is 0.0410 e. The van der Waals surface area contributed by atoms with Crippen LogP contribution in [0.2, 0.25) is 0 Å². The summed E-state index contributed by atoms with van der Waals surface area (Å²) in [4.78, 5) is 4.25. The first-order valence-electron chi connectivity index (χ1n) is 7.08. The number of halogens is 1. The highest BCUT2D eigenvalue weighted by atomic mass is 79.9. The highest BCUT2D eigenvalue weighted by molar-refractivity contribution is 9.10. The van der Waals surface area contributed by atoms with Gasteiger partial charge in [-0.15, -0.1) is 0 Å². The summed E-state index contributed by atoms with van der Waals surface area (Å²) in [5.41, 5.74) is 2.62. The highest BCUT2D eigenvalue weighted by Gasteiger charge is 2.18. The third-order valence-electron chi connectivity index (χ3n) is 3.47. The second-order valence-electron chi connectivity index (χ2n) is 5.14. The molecule has 2 atom stereocenters. The third kappa shape index (κ3) is 4.15. The Morgan fingerprint density at radius 2 is 1.95 bits per heavy atom. The van der Waals surface area contributed by atoms with Crippen molar-refractivity contribution in [3.8, 4) is 0 Å². The average molecular weight is 333 g/mol. The molecule has 2 unspecified atom stereocenters. The second-order valence-corrected chi connectivity index (χ2v) is 6.05.